The normalized spacial score (nSPS) is 12.0. The molecule has 5 heteroatoms. The first-order chi connectivity index (χ1) is 12.3. The maximum atomic E-state index is 12.6. The minimum atomic E-state index is -3.63. The number of hydrogen-bond donors (Lipinski definition) is 1. The number of aromatic nitrogens is 1. The molecule has 0 amide bonds. The number of nitrogens with one attached hydrogen (secondary N) is 1. The lowest BCUT2D eigenvalue weighted by atomic mass is 9.87. The van der Waals surface area contributed by atoms with E-state index in [0.29, 0.717) is 5.69 Å². The van der Waals surface area contributed by atoms with Crippen molar-refractivity contribution in [3.05, 3.63) is 78.5 Å². The van der Waals surface area contributed by atoms with Crippen LogP contribution in [0.5, 0.6) is 0 Å². The van der Waals surface area contributed by atoms with E-state index < -0.39 is 10.0 Å². The van der Waals surface area contributed by atoms with Gasteiger partial charge in [0.15, 0.2) is 0 Å². The second-order valence-electron chi connectivity index (χ2n) is 7.17. The Morgan fingerprint density at radius 3 is 2.04 bits per heavy atom. The number of benzene rings is 2. The molecule has 26 heavy (non-hydrogen) atoms. The van der Waals surface area contributed by atoms with Crippen LogP contribution in [-0.2, 0) is 15.4 Å². The Bertz CT molecular complexity index is 973. The molecule has 0 bridgehead atoms. The number of hydrogen-bond acceptors (Lipinski definition) is 3. The van der Waals surface area contributed by atoms with Gasteiger partial charge in [-0.05, 0) is 47.4 Å². The predicted octanol–water partition coefficient (Wildman–Crippen LogP) is 4.85. The van der Waals surface area contributed by atoms with E-state index in [-0.39, 0.29) is 10.3 Å². The van der Waals surface area contributed by atoms with Crippen LogP contribution in [0.4, 0.5) is 5.69 Å². The van der Waals surface area contributed by atoms with Crippen molar-refractivity contribution in [1.29, 1.82) is 0 Å². The smallest absolute Gasteiger partial charge is 0.261 e. The second kappa shape index (κ2) is 6.92. The Balaban J connectivity index is 1.80. The van der Waals surface area contributed by atoms with E-state index in [1.165, 1.54) is 0 Å². The van der Waals surface area contributed by atoms with Crippen molar-refractivity contribution < 1.29 is 8.42 Å². The van der Waals surface area contributed by atoms with E-state index >= 15 is 0 Å². The van der Waals surface area contributed by atoms with Gasteiger partial charge in [0.05, 0.1) is 10.6 Å². The number of pyridine rings is 1. The summed E-state index contributed by atoms with van der Waals surface area (Å²) in [5.41, 5.74) is 3.41. The third-order valence-corrected chi connectivity index (χ3v) is 5.53. The highest BCUT2D eigenvalue weighted by Gasteiger charge is 2.16. The molecule has 0 fully saturated rings. The minimum absolute atomic E-state index is 0.0265. The van der Waals surface area contributed by atoms with Gasteiger partial charge in [0, 0.05) is 17.4 Å². The van der Waals surface area contributed by atoms with Crippen molar-refractivity contribution >= 4 is 15.7 Å². The van der Waals surface area contributed by atoms with Crippen LogP contribution in [0.2, 0.25) is 0 Å². The summed E-state index contributed by atoms with van der Waals surface area (Å²) in [6, 6.07) is 19.8. The number of nitrogens with zero attached hydrogens (tertiary/aromatic N) is 1. The Labute approximate surface area is 155 Å². The largest absolute Gasteiger partial charge is 0.280 e. The summed E-state index contributed by atoms with van der Waals surface area (Å²) in [4.78, 5) is 4.49. The topological polar surface area (TPSA) is 59.1 Å². The molecule has 3 aromatic rings. The second-order valence-corrected chi connectivity index (χ2v) is 8.85. The molecule has 1 heterocycles. The van der Waals surface area contributed by atoms with E-state index in [9.17, 15) is 8.42 Å². The van der Waals surface area contributed by atoms with Crippen LogP contribution in [0, 0.1) is 0 Å². The Hall–Kier alpha value is -2.66. The first kappa shape index (κ1) is 18.1. The van der Waals surface area contributed by atoms with Gasteiger partial charge in [0.1, 0.15) is 0 Å². The molecular weight excluding hydrogens is 344 g/mol. The first-order valence-corrected chi connectivity index (χ1v) is 9.89. The fourth-order valence-electron chi connectivity index (χ4n) is 2.59. The molecule has 0 radical (unpaired) electrons. The Morgan fingerprint density at radius 2 is 1.50 bits per heavy atom. The number of anilines is 1. The fourth-order valence-corrected chi connectivity index (χ4v) is 3.65. The van der Waals surface area contributed by atoms with Crippen LogP contribution in [-0.4, -0.2) is 13.4 Å². The van der Waals surface area contributed by atoms with E-state index in [2.05, 4.69) is 30.5 Å². The molecule has 3 rings (SSSR count). The molecule has 0 saturated heterocycles. The molecule has 0 aliphatic carbocycles. The summed E-state index contributed by atoms with van der Waals surface area (Å²) in [6.45, 7) is 6.36. The summed E-state index contributed by atoms with van der Waals surface area (Å²) < 4.78 is 27.8. The molecular formula is C21H22N2O2S. The molecule has 0 atom stereocenters. The van der Waals surface area contributed by atoms with Gasteiger partial charge in [-0.3, -0.25) is 9.71 Å². The lowest BCUT2D eigenvalue weighted by Crippen LogP contribution is -2.14. The SMILES string of the molecule is CC(C)(C)c1ccc(NS(=O)(=O)c2ccc(-c3ccccn3)cc2)cc1. The molecule has 1 N–H and O–H groups in total. The molecule has 2 aromatic carbocycles. The molecule has 134 valence electrons. The van der Waals surface area contributed by atoms with Crippen molar-refractivity contribution in [2.75, 3.05) is 4.72 Å². The van der Waals surface area contributed by atoms with Crippen molar-refractivity contribution in [1.82, 2.24) is 4.98 Å². The van der Waals surface area contributed by atoms with Crippen molar-refractivity contribution in [2.24, 2.45) is 0 Å². The van der Waals surface area contributed by atoms with Gasteiger partial charge in [-0.2, -0.15) is 0 Å². The van der Waals surface area contributed by atoms with E-state index in [1.807, 2.05) is 30.3 Å². The Kier molecular flexibility index (Phi) is 4.83. The van der Waals surface area contributed by atoms with Crippen LogP contribution in [0.3, 0.4) is 0 Å². The monoisotopic (exact) mass is 366 g/mol. The third kappa shape index (κ3) is 4.11. The molecule has 0 saturated carbocycles. The van der Waals surface area contributed by atoms with Gasteiger partial charge in [-0.1, -0.05) is 51.1 Å². The summed E-state index contributed by atoms with van der Waals surface area (Å²) in [5.74, 6) is 0. The summed E-state index contributed by atoms with van der Waals surface area (Å²) in [5, 5.41) is 0. The zero-order valence-corrected chi connectivity index (χ0v) is 15.9. The van der Waals surface area contributed by atoms with Gasteiger partial charge in [0.25, 0.3) is 10.0 Å². The predicted molar refractivity (Wildman–Crippen MR) is 106 cm³/mol. The summed E-state index contributed by atoms with van der Waals surface area (Å²) >= 11 is 0. The number of rotatable bonds is 4. The highest BCUT2D eigenvalue weighted by molar-refractivity contribution is 7.92. The molecule has 4 nitrogen and oxygen atoms in total. The van der Waals surface area contributed by atoms with Crippen LogP contribution >= 0.6 is 0 Å². The minimum Gasteiger partial charge on any atom is -0.280 e. The van der Waals surface area contributed by atoms with Gasteiger partial charge >= 0.3 is 0 Å². The molecule has 0 spiro atoms. The average molecular weight is 366 g/mol. The van der Waals surface area contributed by atoms with Gasteiger partial charge in [-0.25, -0.2) is 8.42 Å². The van der Waals surface area contributed by atoms with Gasteiger partial charge in [0.2, 0.25) is 0 Å². The fraction of sp³-hybridized carbons (Fsp3) is 0.190. The molecule has 0 unspecified atom stereocenters. The zero-order chi connectivity index (χ0) is 18.8. The highest BCUT2D eigenvalue weighted by atomic mass is 32.2. The van der Waals surface area contributed by atoms with Crippen LogP contribution in [0.1, 0.15) is 26.3 Å². The maximum Gasteiger partial charge on any atom is 0.261 e. The van der Waals surface area contributed by atoms with Crippen LogP contribution < -0.4 is 4.72 Å². The van der Waals surface area contributed by atoms with Crippen molar-refractivity contribution in [3.63, 3.8) is 0 Å². The van der Waals surface area contributed by atoms with E-state index in [0.717, 1.165) is 16.8 Å². The first-order valence-electron chi connectivity index (χ1n) is 8.40. The summed E-state index contributed by atoms with van der Waals surface area (Å²) in [6.07, 6.45) is 1.71. The molecule has 0 aliphatic heterocycles. The summed E-state index contributed by atoms with van der Waals surface area (Å²) in [7, 11) is -3.63. The van der Waals surface area contributed by atoms with Crippen molar-refractivity contribution in [2.45, 2.75) is 31.1 Å². The average Bonchev–Trinajstić information content (AvgIpc) is 2.62. The van der Waals surface area contributed by atoms with Crippen LogP contribution in [0.15, 0.2) is 77.8 Å². The highest BCUT2D eigenvalue weighted by Crippen LogP contribution is 2.25. The lowest BCUT2D eigenvalue weighted by molar-refractivity contribution is 0.590. The van der Waals surface area contributed by atoms with Crippen LogP contribution in [0.25, 0.3) is 11.3 Å². The van der Waals surface area contributed by atoms with E-state index in [1.54, 1.807) is 42.6 Å². The van der Waals surface area contributed by atoms with Gasteiger partial charge < -0.3 is 0 Å². The van der Waals surface area contributed by atoms with Gasteiger partial charge in [-0.15, -0.1) is 0 Å². The quantitative estimate of drug-likeness (QED) is 0.718. The van der Waals surface area contributed by atoms with E-state index in [4.69, 9.17) is 0 Å². The van der Waals surface area contributed by atoms with Crippen molar-refractivity contribution in [3.8, 4) is 11.3 Å². The molecule has 1 aromatic heterocycles. The number of sulfonamides is 1. The third-order valence-electron chi connectivity index (χ3n) is 4.13. The standard InChI is InChI=1S/C21H22N2O2S/c1-21(2,3)17-9-11-18(12-10-17)23-26(24,25)19-13-7-16(8-14-19)20-6-4-5-15-22-20/h4-15,23H,1-3H3. The lowest BCUT2D eigenvalue weighted by Gasteiger charge is -2.19. The zero-order valence-electron chi connectivity index (χ0n) is 15.1. The maximum absolute atomic E-state index is 12.6. The molecule has 0 aliphatic rings. The Morgan fingerprint density at radius 1 is 0.846 bits per heavy atom.